The monoisotopic (exact) mass is 444 g/mol. The Kier molecular flexibility index (Phi) is 26.7. The Hall–Kier alpha value is 0.600. The molecule has 0 spiro atoms. The van der Waals surface area contributed by atoms with E-state index in [9.17, 15) is 30.0 Å². The van der Waals surface area contributed by atoms with Crippen LogP contribution in [0.2, 0.25) is 0 Å². The van der Waals surface area contributed by atoms with Crippen molar-refractivity contribution in [1.82, 2.24) is 0 Å². The minimum absolute atomic E-state index is 0. The number of aliphatic carboxylic acids is 2. The van der Waals surface area contributed by atoms with E-state index in [1.807, 2.05) is 0 Å². The number of allylic oxidation sites excluding steroid dienone is 2. The summed E-state index contributed by atoms with van der Waals surface area (Å²) in [4.78, 5) is 21.5. The molecule has 2 atom stereocenters. The van der Waals surface area contributed by atoms with Gasteiger partial charge in [-0.05, 0) is 32.1 Å². The number of carbonyl (C=O) groups excluding carboxylic acids is 2. The Morgan fingerprint density at radius 3 is 1.60 bits per heavy atom. The molecule has 0 fully saturated rings. The Bertz CT molecular complexity index is 459. The second-order valence-corrected chi connectivity index (χ2v) is 7.62. The van der Waals surface area contributed by atoms with Gasteiger partial charge in [0, 0.05) is 0 Å². The maximum absolute atomic E-state index is 10.9. The summed E-state index contributed by atoms with van der Waals surface area (Å²) in [5.41, 5.74) is -2.79. The van der Waals surface area contributed by atoms with Crippen LogP contribution < -0.4 is 69.3 Å². The number of rotatable bonds is 19. The molecule has 0 aromatic rings. The van der Waals surface area contributed by atoms with Crippen molar-refractivity contribution in [1.29, 1.82) is 0 Å². The molecule has 164 valence electrons. The number of aliphatic hydroxyl groups excluding tert-OH is 1. The third-order valence-corrected chi connectivity index (χ3v) is 5.10. The predicted molar refractivity (Wildman–Crippen MR) is 105 cm³/mol. The SMILES string of the molecule is CCCCCCCC/C=C\CCCCCCCCC(O)(C(=O)[O-])C(O)C(=O)[O-].[Na+].[Na+]. The molecule has 0 aliphatic rings. The van der Waals surface area contributed by atoms with Crippen LogP contribution in [0.5, 0.6) is 0 Å². The summed E-state index contributed by atoms with van der Waals surface area (Å²) < 4.78 is 0. The summed E-state index contributed by atoms with van der Waals surface area (Å²) in [6, 6.07) is 0. The number of hydrogen-bond acceptors (Lipinski definition) is 6. The van der Waals surface area contributed by atoms with E-state index in [1.165, 1.54) is 38.5 Å². The Morgan fingerprint density at radius 1 is 0.800 bits per heavy atom. The smallest absolute Gasteiger partial charge is 0.547 e. The number of carboxylic acid groups (broad SMARTS) is 2. The predicted octanol–water partition coefficient (Wildman–Crippen LogP) is -3.99. The van der Waals surface area contributed by atoms with E-state index in [1.54, 1.807) is 0 Å². The van der Waals surface area contributed by atoms with Gasteiger partial charge in [-0.15, -0.1) is 0 Å². The van der Waals surface area contributed by atoms with E-state index in [2.05, 4.69) is 19.1 Å². The van der Waals surface area contributed by atoms with E-state index in [4.69, 9.17) is 0 Å². The number of carbonyl (C=O) groups is 2. The van der Waals surface area contributed by atoms with Gasteiger partial charge in [0.1, 0.15) is 11.7 Å². The van der Waals surface area contributed by atoms with Crippen LogP contribution in [0.4, 0.5) is 0 Å². The summed E-state index contributed by atoms with van der Waals surface area (Å²) in [7, 11) is 0. The normalized spacial score (nSPS) is 13.8. The van der Waals surface area contributed by atoms with Crippen molar-refractivity contribution in [3.8, 4) is 0 Å². The molecule has 8 heteroatoms. The number of hydrogen-bond donors (Lipinski definition) is 2. The van der Waals surface area contributed by atoms with Gasteiger partial charge in [0.2, 0.25) is 0 Å². The van der Waals surface area contributed by atoms with Crippen LogP contribution in [-0.2, 0) is 9.59 Å². The first-order valence-electron chi connectivity index (χ1n) is 10.8. The second-order valence-electron chi connectivity index (χ2n) is 7.62. The van der Waals surface area contributed by atoms with Crippen molar-refractivity contribution in [2.75, 3.05) is 0 Å². The van der Waals surface area contributed by atoms with Gasteiger partial charge in [0.25, 0.3) is 0 Å². The summed E-state index contributed by atoms with van der Waals surface area (Å²) in [6.45, 7) is 2.23. The van der Waals surface area contributed by atoms with Crippen LogP contribution in [0.25, 0.3) is 0 Å². The van der Waals surface area contributed by atoms with Crippen LogP contribution in [0.15, 0.2) is 12.2 Å². The topological polar surface area (TPSA) is 121 Å². The van der Waals surface area contributed by atoms with Gasteiger partial charge in [-0.2, -0.15) is 0 Å². The van der Waals surface area contributed by atoms with Gasteiger partial charge in [0.05, 0.1) is 11.9 Å². The summed E-state index contributed by atoms with van der Waals surface area (Å²) in [5.74, 6) is -4.01. The number of aliphatic hydroxyl groups is 2. The average Bonchev–Trinajstić information content (AvgIpc) is 2.66. The van der Waals surface area contributed by atoms with Gasteiger partial charge in [0.15, 0.2) is 0 Å². The Morgan fingerprint density at radius 2 is 1.20 bits per heavy atom. The van der Waals surface area contributed by atoms with E-state index in [-0.39, 0.29) is 65.5 Å². The summed E-state index contributed by atoms with van der Waals surface area (Å²) in [6.07, 6.45) is 16.8. The molecule has 2 N–H and O–H groups in total. The van der Waals surface area contributed by atoms with E-state index >= 15 is 0 Å². The fourth-order valence-corrected chi connectivity index (χ4v) is 3.19. The molecule has 0 rings (SSSR count). The van der Waals surface area contributed by atoms with Crippen LogP contribution in [-0.4, -0.2) is 33.9 Å². The fourth-order valence-electron chi connectivity index (χ4n) is 3.19. The first-order valence-corrected chi connectivity index (χ1v) is 10.8. The zero-order valence-electron chi connectivity index (χ0n) is 19.4. The van der Waals surface area contributed by atoms with Gasteiger partial charge >= 0.3 is 59.1 Å². The molecule has 0 saturated heterocycles. The first-order chi connectivity index (χ1) is 13.4. The van der Waals surface area contributed by atoms with E-state index in [0.29, 0.717) is 12.8 Å². The first kappa shape index (κ1) is 35.2. The molecular weight excluding hydrogens is 406 g/mol. The fraction of sp³-hybridized carbons (Fsp3) is 0.818. The summed E-state index contributed by atoms with van der Waals surface area (Å²) in [5, 5.41) is 40.6. The molecule has 0 heterocycles. The molecule has 0 amide bonds. The molecule has 0 aromatic heterocycles. The minimum Gasteiger partial charge on any atom is -0.547 e. The molecule has 0 aliphatic carbocycles. The molecule has 0 saturated carbocycles. The molecular formula is C22H38Na2O6. The second kappa shape index (κ2) is 22.8. The van der Waals surface area contributed by atoms with Crippen molar-refractivity contribution in [2.24, 2.45) is 0 Å². The van der Waals surface area contributed by atoms with Crippen LogP contribution in [0.1, 0.15) is 103 Å². The Balaban J connectivity index is -0.00000364. The zero-order valence-corrected chi connectivity index (χ0v) is 23.4. The van der Waals surface area contributed by atoms with Gasteiger partial charge in [-0.25, -0.2) is 0 Å². The maximum atomic E-state index is 10.9. The molecule has 0 radical (unpaired) electrons. The van der Waals surface area contributed by atoms with Crippen LogP contribution >= 0.6 is 0 Å². The third kappa shape index (κ3) is 17.2. The molecule has 2 unspecified atom stereocenters. The number of carboxylic acids is 2. The van der Waals surface area contributed by atoms with Crippen molar-refractivity contribution in [3.05, 3.63) is 12.2 Å². The quantitative estimate of drug-likeness (QED) is 0.119. The summed E-state index contributed by atoms with van der Waals surface area (Å²) >= 11 is 0. The van der Waals surface area contributed by atoms with Crippen LogP contribution in [0.3, 0.4) is 0 Å². The average molecular weight is 445 g/mol. The van der Waals surface area contributed by atoms with Crippen molar-refractivity contribution < 1.29 is 89.1 Å². The van der Waals surface area contributed by atoms with E-state index in [0.717, 1.165) is 38.5 Å². The molecule has 0 bridgehead atoms. The van der Waals surface area contributed by atoms with Gasteiger partial charge in [-0.1, -0.05) is 83.3 Å². The standard InChI is InChI=1S/C22H40O6.2Na/c1-2-3-4-5-6-7-8-9-10-11-12-13-14-15-16-17-18-22(28,21(26)27)19(23)20(24)25;;/h9-10,19,23,28H,2-8,11-18H2,1H3,(H,24,25)(H,26,27);;/q;2*+1/p-2/b10-9-;;. The van der Waals surface area contributed by atoms with Gasteiger partial charge < -0.3 is 30.0 Å². The van der Waals surface area contributed by atoms with Crippen molar-refractivity contribution >= 4 is 11.9 Å². The Labute approximate surface area is 226 Å². The molecule has 0 aliphatic heterocycles. The van der Waals surface area contributed by atoms with Crippen LogP contribution in [0, 0.1) is 0 Å². The van der Waals surface area contributed by atoms with Crippen molar-refractivity contribution in [3.63, 3.8) is 0 Å². The maximum Gasteiger partial charge on any atom is 1.00 e. The molecule has 6 nitrogen and oxygen atoms in total. The molecule has 30 heavy (non-hydrogen) atoms. The van der Waals surface area contributed by atoms with Crippen molar-refractivity contribution in [2.45, 2.75) is 115 Å². The largest absolute Gasteiger partial charge is 1.00 e. The number of unbranched alkanes of at least 4 members (excludes halogenated alkanes) is 12. The zero-order chi connectivity index (χ0) is 21.3. The minimum atomic E-state index is -2.79. The van der Waals surface area contributed by atoms with Gasteiger partial charge in [-0.3, -0.25) is 0 Å². The third-order valence-electron chi connectivity index (χ3n) is 5.10. The van der Waals surface area contributed by atoms with E-state index < -0.39 is 23.6 Å². The molecule has 0 aromatic carbocycles.